The lowest BCUT2D eigenvalue weighted by molar-refractivity contribution is 0.178. The van der Waals surface area contributed by atoms with Gasteiger partial charge in [0.25, 0.3) is 0 Å². The van der Waals surface area contributed by atoms with Gasteiger partial charge in [-0.2, -0.15) is 0 Å². The zero-order valence-corrected chi connectivity index (χ0v) is 14.1. The fourth-order valence-electron chi connectivity index (χ4n) is 2.03. The van der Waals surface area contributed by atoms with Gasteiger partial charge in [-0.1, -0.05) is 27.7 Å². The van der Waals surface area contributed by atoms with E-state index in [0.717, 1.165) is 31.7 Å². The molecule has 0 spiro atoms. The molecule has 0 fully saturated rings. The van der Waals surface area contributed by atoms with Crippen molar-refractivity contribution in [1.29, 1.82) is 0 Å². The molecular formula is C16H30N4O. The van der Waals surface area contributed by atoms with Gasteiger partial charge in [0, 0.05) is 26.3 Å². The molecule has 120 valence electrons. The van der Waals surface area contributed by atoms with Crippen LogP contribution in [0.2, 0.25) is 0 Å². The van der Waals surface area contributed by atoms with E-state index in [4.69, 9.17) is 10.5 Å². The molecule has 1 aromatic rings. The minimum Gasteiger partial charge on any atom is -0.384 e. The van der Waals surface area contributed by atoms with Crippen LogP contribution in [0.5, 0.6) is 0 Å². The lowest BCUT2D eigenvalue weighted by Gasteiger charge is -2.26. The van der Waals surface area contributed by atoms with Crippen LogP contribution < -0.4 is 10.6 Å². The van der Waals surface area contributed by atoms with Crippen LogP contribution in [-0.2, 0) is 11.3 Å². The van der Waals surface area contributed by atoms with Gasteiger partial charge in [0.1, 0.15) is 18.2 Å². The number of nitrogen functional groups attached to an aromatic ring is 1. The number of rotatable bonds is 9. The Hall–Kier alpha value is -1.36. The van der Waals surface area contributed by atoms with Crippen molar-refractivity contribution in [3.63, 3.8) is 0 Å². The number of methoxy groups -OCH3 is 1. The summed E-state index contributed by atoms with van der Waals surface area (Å²) in [4.78, 5) is 11.1. The molecule has 0 unspecified atom stereocenters. The summed E-state index contributed by atoms with van der Waals surface area (Å²) in [6.45, 7) is 11.3. The van der Waals surface area contributed by atoms with Gasteiger partial charge in [-0.25, -0.2) is 9.97 Å². The maximum atomic E-state index is 5.91. The fraction of sp³-hybridized carbons (Fsp3) is 0.750. The maximum Gasteiger partial charge on any atom is 0.158 e. The van der Waals surface area contributed by atoms with E-state index in [0.29, 0.717) is 30.1 Å². The molecule has 0 radical (unpaired) electrons. The molecular weight excluding hydrogens is 264 g/mol. The second-order valence-electron chi connectivity index (χ2n) is 6.35. The lowest BCUT2D eigenvalue weighted by atomic mass is 10.1. The van der Waals surface area contributed by atoms with Crippen molar-refractivity contribution in [2.75, 3.05) is 30.8 Å². The van der Waals surface area contributed by atoms with Crippen LogP contribution in [-0.4, -0.2) is 30.2 Å². The van der Waals surface area contributed by atoms with Crippen molar-refractivity contribution < 1.29 is 4.74 Å². The van der Waals surface area contributed by atoms with Crippen LogP contribution in [0.4, 0.5) is 11.6 Å². The van der Waals surface area contributed by atoms with E-state index in [1.54, 1.807) is 7.11 Å². The molecule has 0 amide bonds. The van der Waals surface area contributed by atoms with Crippen LogP contribution in [0.25, 0.3) is 0 Å². The van der Waals surface area contributed by atoms with E-state index in [1.165, 1.54) is 0 Å². The molecule has 0 saturated carbocycles. The van der Waals surface area contributed by atoms with E-state index < -0.39 is 0 Å². The molecule has 0 aromatic carbocycles. The molecule has 0 aliphatic rings. The standard InChI is InChI=1S/C16H30N4O/c1-12(2)6-8-20(9-7-13(3)4)16-10-14(17)18-15(19-16)11-21-5/h10,12-13H,6-9,11H2,1-5H3,(H2,17,18,19). The highest BCUT2D eigenvalue weighted by Gasteiger charge is 2.12. The summed E-state index contributed by atoms with van der Waals surface area (Å²) in [6.07, 6.45) is 2.28. The van der Waals surface area contributed by atoms with Gasteiger partial charge in [-0.3, -0.25) is 0 Å². The molecule has 0 atom stereocenters. The first-order chi connectivity index (χ1) is 9.92. The summed E-state index contributed by atoms with van der Waals surface area (Å²) in [5, 5.41) is 0. The third-order valence-electron chi connectivity index (χ3n) is 3.33. The molecule has 1 aromatic heterocycles. The Labute approximate surface area is 128 Å². The van der Waals surface area contributed by atoms with Crippen LogP contribution in [0, 0.1) is 11.8 Å². The zero-order chi connectivity index (χ0) is 15.8. The summed E-state index contributed by atoms with van der Waals surface area (Å²) in [6, 6.07) is 1.86. The van der Waals surface area contributed by atoms with Crippen molar-refractivity contribution in [1.82, 2.24) is 9.97 Å². The molecule has 0 bridgehead atoms. The van der Waals surface area contributed by atoms with Gasteiger partial charge in [0.15, 0.2) is 5.82 Å². The molecule has 1 heterocycles. The first-order valence-electron chi connectivity index (χ1n) is 7.79. The lowest BCUT2D eigenvalue weighted by Crippen LogP contribution is -2.29. The van der Waals surface area contributed by atoms with Gasteiger partial charge in [-0.05, 0) is 24.7 Å². The molecule has 5 heteroatoms. The zero-order valence-electron chi connectivity index (χ0n) is 14.1. The second kappa shape index (κ2) is 8.82. The maximum absolute atomic E-state index is 5.91. The Bertz CT molecular complexity index is 409. The topological polar surface area (TPSA) is 64.3 Å². The SMILES string of the molecule is COCc1nc(N)cc(N(CCC(C)C)CCC(C)C)n1. The van der Waals surface area contributed by atoms with Crippen molar-refractivity contribution in [2.45, 2.75) is 47.1 Å². The van der Waals surface area contributed by atoms with Crippen molar-refractivity contribution in [2.24, 2.45) is 11.8 Å². The van der Waals surface area contributed by atoms with E-state index in [2.05, 4.69) is 42.6 Å². The first-order valence-corrected chi connectivity index (χ1v) is 7.79. The van der Waals surface area contributed by atoms with E-state index in [9.17, 15) is 0 Å². The summed E-state index contributed by atoms with van der Waals surface area (Å²) in [5.74, 6) is 3.40. The fourth-order valence-corrected chi connectivity index (χ4v) is 2.03. The summed E-state index contributed by atoms with van der Waals surface area (Å²) < 4.78 is 5.11. The van der Waals surface area contributed by atoms with E-state index in [1.807, 2.05) is 6.07 Å². The molecule has 21 heavy (non-hydrogen) atoms. The monoisotopic (exact) mass is 294 g/mol. The van der Waals surface area contributed by atoms with Crippen molar-refractivity contribution in [3.8, 4) is 0 Å². The summed E-state index contributed by atoms with van der Waals surface area (Å²) >= 11 is 0. The average Bonchev–Trinajstić information content (AvgIpc) is 2.37. The van der Waals surface area contributed by atoms with Gasteiger partial charge in [-0.15, -0.1) is 0 Å². The largest absolute Gasteiger partial charge is 0.384 e. The van der Waals surface area contributed by atoms with Gasteiger partial charge >= 0.3 is 0 Å². The number of anilines is 2. The first kappa shape index (κ1) is 17.7. The summed E-state index contributed by atoms with van der Waals surface area (Å²) in [7, 11) is 1.64. The smallest absolute Gasteiger partial charge is 0.158 e. The molecule has 5 nitrogen and oxygen atoms in total. The summed E-state index contributed by atoms with van der Waals surface area (Å²) in [5.41, 5.74) is 5.91. The van der Waals surface area contributed by atoms with Crippen LogP contribution in [0.15, 0.2) is 6.07 Å². The third-order valence-corrected chi connectivity index (χ3v) is 3.33. The molecule has 2 N–H and O–H groups in total. The van der Waals surface area contributed by atoms with Crippen LogP contribution in [0.3, 0.4) is 0 Å². The molecule has 0 aliphatic heterocycles. The van der Waals surface area contributed by atoms with Gasteiger partial charge < -0.3 is 15.4 Å². The predicted octanol–water partition coefficient (Wildman–Crippen LogP) is 3.10. The van der Waals surface area contributed by atoms with Gasteiger partial charge in [0.05, 0.1) is 0 Å². The molecule has 0 aliphatic carbocycles. The average molecular weight is 294 g/mol. The Morgan fingerprint density at radius 1 is 1.10 bits per heavy atom. The minimum absolute atomic E-state index is 0.389. The quantitative estimate of drug-likeness (QED) is 0.758. The highest BCUT2D eigenvalue weighted by molar-refractivity contribution is 5.47. The highest BCUT2D eigenvalue weighted by Crippen LogP contribution is 2.18. The van der Waals surface area contributed by atoms with Crippen LogP contribution >= 0.6 is 0 Å². The number of ether oxygens (including phenoxy) is 1. The Balaban J connectivity index is 2.88. The van der Waals surface area contributed by atoms with E-state index in [-0.39, 0.29) is 0 Å². The van der Waals surface area contributed by atoms with Crippen molar-refractivity contribution >= 4 is 11.6 Å². The normalized spacial score (nSPS) is 11.4. The number of nitrogens with two attached hydrogens (primary N) is 1. The predicted molar refractivity (Wildman–Crippen MR) is 88.3 cm³/mol. The Morgan fingerprint density at radius 3 is 2.14 bits per heavy atom. The number of hydrogen-bond acceptors (Lipinski definition) is 5. The number of nitrogens with zero attached hydrogens (tertiary/aromatic N) is 3. The van der Waals surface area contributed by atoms with E-state index >= 15 is 0 Å². The Kier molecular flexibility index (Phi) is 7.43. The van der Waals surface area contributed by atoms with Crippen LogP contribution in [0.1, 0.15) is 46.4 Å². The number of aromatic nitrogens is 2. The number of hydrogen-bond donors (Lipinski definition) is 1. The highest BCUT2D eigenvalue weighted by atomic mass is 16.5. The van der Waals surface area contributed by atoms with Gasteiger partial charge in [0.2, 0.25) is 0 Å². The molecule has 1 rings (SSSR count). The van der Waals surface area contributed by atoms with Crippen molar-refractivity contribution in [3.05, 3.63) is 11.9 Å². The molecule has 0 saturated heterocycles. The third kappa shape index (κ3) is 6.76. The Morgan fingerprint density at radius 2 is 1.67 bits per heavy atom. The second-order valence-corrected chi connectivity index (χ2v) is 6.35. The minimum atomic E-state index is 0.389.